The van der Waals surface area contributed by atoms with Crippen molar-refractivity contribution in [1.82, 2.24) is 5.32 Å². The van der Waals surface area contributed by atoms with Crippen LogP contribution in [0.4, 0.5) is 0 Å². The molecule has 0 heterocycles. The van der Waals surface area contributed by atoms with Crippen LogP contribution in [0.25, 0.3) is 0 Å². The lowest BCUT2D eigenvalue weighted by atomic mass is 9.83. The number of hydrogen-bond acceptors (Lipinski definition) is 3. The van der Waals surface area contributed by atoms with Crippen molar-refractivity contribution in [2.75, 3.05) is 13.2 Å². The van der Waals surface area contributed by atoms with Crippen molar-refractivity contribution >= 4 is 11.9 Å². The Kier molecular flexibility index (Phi) is 4.27. The van der Waals surface area contributed by atoms with E-state index in [-0.39, 0.29) is 17.3 Å². The van der Waals surface area contributed by atoms with Gasteiger partial charge in [0.2, 0.25) is 5.91 Å². The van der Waals surface area contributed by atoms with Gasteiger partial charge in [0.15, 0.2) is 0 Å². The molecule has 0 aliphatic heterocycles. The van der Waals surface area contributed by atoms with E-state index in [2.05, 4.69) is 11.9 Å². The number of ether oxygens (including phenoxy) is 1. The van der Waals surface area contributed by atoms with Gasteiger partial charge in [-0.15, -0.1) is 0 Å². The second-order valence-electron chi connectivity index (χ2n) is 5.95. The Morgan fingerprint density at radius 1 is 1.37 bits per heavy atom. The number of amides is 1. The highest BCUT2D eigenvalue weighted by atomic mass is 16.5. The third-order valence-electron chi connectivity index (χ3n) is 4.41. The molecule has 2 aliphatic rings. The molecule has 2 bridgehead atoms. The fraction of sp³-hybridized carbons (Fsp3) is 0.733. The molecule has 2 fully saturated rings. The number of esters is 1. The standard InChI is InChI=1S/C15H23NO3/c1-11(2)13(17)19-9-3-8-16-14(18)15-6-4-12(10-15)5-7-15/h12H,1,3-10H2,2H3,(H,16,18). The molecule has 0 atom stereocenters. The summed E-state index contributed by atoms with van der Waals surface area (Å²) in [5.41, 5.74) is 0.338. The van der Waals surface area contributed by atoms with Gasteiger partial charge >= 0.3 is 5.97 Å². The minimum absolute atomic E-state index is 0.0704. The van der Waals surface area contributed by atoms with Crippen molar-refractivity contribution in [1.29, 1.82) is 0 Å². The van der Waals surface area contributed by atoms with Gasteiger partial charge in [-0.1, -0.05) is 6.58 Å². The van der Waals surface area contributed by atoms with E-state index in [1.54, 1.807) is 6.92 Å². The normalized spacial score (nSPS) is 28.2. The summed E-state index contributed by atoms with van der Waals surface area (Å²) in [6.45, 7) is 6.05. The van der Waals surface area contributed by atoms with Crippen LogP contribution in [0.1, 0.15) is 45.4 Å². The van der Waals surface area contributed by atoms with E-state index in [0.717, 1.165) is 25.2 Å². The zero-order valence-corrected chi connectivity index (χ0v) is 11.7. The van der Waals surface area contributed by atoms with E-state index in [1.165, 1.54) is 12.8 Å². The zero-order valence-electron chi connectivity index (χ0n) is 11.7. The largest absolute Gasteiger partial charge is 0.462 e. The second kappa shape index (κ2) is 5.76. The van der Waals surface area contributed by atoms with Crippen molar-refractivity contribution in [3.05, 3.63) is 12.2 Å². The molecule has 0 spiro atoms. The Bertz CT molecular complexity index is 381. The molecular formula is C15H23NO3. The fourth-order valence-electron chi connectivity index (χ4n) is 3.26. The molecule has 1 N–H and O–H groups in total. The van der Waals surface area contributed by atoms with Crippen LogP contribution in [-0.4, -0.2) is 25.0 Å². The molecule has 19 heavy (non-hydrogen) atoms. The minimum Gasteiger partial charge on any atom is -0.462 e. The molecule has 0 saturated heterocycles. The number of carbonyl (C=O) groups is 2. The number of carbonyl (C=O) groups excluding carboxylic acids is 2. The molecule has 2 saturated carbocycles. The van der Waals surface area contributed by atoms with Gasteiger partial charge in [-0.3, -0.25) is 4.79 Å². The van der Waals surface area contributed by atoms with Crippen molar-refractivity contribution < 1.29 is 14.3 Å². The quantitative estimate of drug-likeness (QED) is 0.455. The molecule has 0 aromatic rings. The smallest absolute Gasteiger partial charge is 0.333 e. The average Bonchev–Trinajstić information content (AvgIpc) is 2.99. The first-order valence-electron chi connectivity index (χ1n) is 7.14. The third-order valence-corrected chi connectivity index (χ3v) is 4.41. The van der Waals surface area contributed by atoms with Crippen LogP contribution in [-0.2, 0) is 14.3 Å². The maximum absolute atomic E-state index is 12.2. The summed E-state index contributed by atoms with van der Waals surface area (Å²) in [6.07, 6.45) is 6.25. The van der Waals surface area contributed by atoms with Gasteiger partial charge in [-0.25, -0.2) is 4.79 Å². The highest BCUT2D eigenvalue weighted by molar-refractivity contribution is 5.86. The lowest BCUT2D eigenvalue weighted by Gasteiger charge is -2.25. The Morgan fingerprint density at radius 3 is 2.58 bits per heavy atom. The van der Waals surface area contributed by atoms with Crippen molar-refractivity contribution in [3.8, 4) is 0 Å². The molecule has 106 valence electrons. The number of rotatable bonds is 6. The number of nitrogens with one attached hydrogen (secondary N) is 1. The van der Waals surface area contributed by atoms with Gasteiger partial charge in [0.25, 0.3) is 0 Å². The highest BCUT2D eigenvalue weighted by Crippen LogP contribution is 2.54. The molecule has 0 radical (unpaired) electrons. The van der Waals surface area contributed by atoms with Crippen LogP contribution >= 0.6 is 0 Å². The minimum atomic E-state index is -0.362. The predicted octanol–water partition coefficient (Wildman–Crippen LogP) is 2.19. The van der Waals surface area contributed by atoms with E-state index in [4.69, 9.17) is 4.74 Å². The molecule has 2 aliphatic carbocycles. The summed E-state index contributed by atoms with van der Waals surface area (Å²) in [5, 5.41) is 2.99. The van der Waals surface area contributed by atoms with Crippen LogP contribution in [0.3, 0.4) is 0 Å². The lowest BCUT2D eigenvalue weighted by Crippen LogP contribution is -2.38. The van der Waals surface area contributed by atoms with Gasteiger partial charge < -0.3 is 10.1 Å². The summed E-state index contributed by atoms with van der Waals surface area (Å²) in [7, 11) is 0. The van der Waals surface area contributed by atoms with E-state index in [0.29, 0.717) is 25.1 Å². The first kappa shape index (κ1) is 14.1. The molecule has 2 rings (SSSR count). The number of hydrogen-bond donors (Lipinski definition) is 1. The first-order chi connectivity index (χ1) is 9.03. The number of fused-ring (bicyclic) bond motifs is 2. The summed E-state index contributed by atoms with van der Waals surface area (Å²) in [6, 6.07) is 0. The average molecular weight is 265 g/mol. The first-order valence-corrected chi connectivity index (χ1v) is 7.14. The van der Waals surface area contributed by atoms with E-state index >= 15 is 0 Å². The van der Waals surface area contributed by atoms with Crippen LogP contribution in [0, 0.1) is 11.3 Å². The van der Waals surface area contributed by atoms with Crippen molar-refractivity contribution in [2.24, 2.45) is 11.3 Å². The summed E-state index contributed by atoms with van der Waals surface area (Å²) >= 11 is 0. The Balaban J connectivity index is 1.62. The highest BCUT2D eigenvalue weighted by Gasteiger charge is 2.49. The Morgan fingerprint density at radius 2 is 2.05 bits per heavy atom. The molecule has 4 heteroatoms. The molecule has 0 aromatic heterocycles. The van der Waals surface area contributed by atoms with Gasteiger partial charge in [0, 0.05) is 17.5 Å². The summed E-state index contributed by atoms with van der Waals surface area (Å²) < 4.78 is 4.98. The molecule has 0 unspecified atom stereocenters. The summed E-state index contributed by atoms with van der Waals surface area (Å²) in [5.74, 6) is 0.625. The van der Waals surface area contributed by atoms with Gasteiger partial charge in [0.1, 0.15) is 0 Å². The molecule has 4 nitrogen and oxygen atoms in total. The SMILES string of the molecule is C=C(C)C(=O)OCCCNC(=O)C12CCC(CC1)C2. The Hall–Kier alpha value is -1.32. The van der Waals surface area contributed by atoms with Crippen LogP contribution in [0.5, 0.6) is 0 Å². The maximum atomic E-state index is 12.2. The van der Waals surface area contributed by atoms with E-state index in [9.17, 15) is 9.59 Å². The maximum Gasteiger partial charge on any atom is 0.333 e. The van der Waals surface area contributed by atoms with Gasteiger partial charge in [-0.2, -0.15) is 0 Å². The zero-order chi connectivity index (χ0) is 13.9. The molecular weight excluding hydrogens is 242 g/mol. The van der Waals surface area contributed by atoms with E-state index in [1.807, 2.05) is 0 Å². The van der Waals surface area contributed by atoms with Crippen LogP contribution in [0.2, 0.25) is 0 Å². The Labute approximate surface area is 114 Å². The third kappa shape index (κ3) is 3.17. The monoisotopic (exact) mass is 265 g/mol. The lowest BCUT2D eigenvalue weighted by molar-refractivity contribution is -0.139. The molecule has 1 amide bonds. The van der Waals surface area contributed by atoms with Gasteiger partial charge in [0.05, 0.1) is 6.61 Å². The van der Waals surface area contributed by atoms with E-state index < -0.39 is 0 Å². The van der Waals surface area contributed by atoms with Crippen molar-refractivity contribution in [2.45, 2.75) is 45.4 Å². The van der Waals surface area contributed by atoms with Crippen LogP contribution < -0.4 is 5.32 Å². The summed E-state index contributed by atoms with van der Waals surface area (Å²) in [4.78, 5) is 23.3. The van der Waals surface area contributed by atoms with Crippen LogP contribution in [0.15, 0.2) is 12.2 Å². The topological polar surface area (TPSA) is 55.4 Å². The fourth-order valence-corrected chi connectivity index (χ4v) is 3.26. The second-order valence-corrected chi connectivity index (χ2v) is 5.95. The van der Waals surface area contributed by atoms with Crippen molar-refractivity contribution in [3.63, 3.8) is 0 Å². The van der Waals surface area contributed by atoms with Gasteiger partial charge in [-0.05, 0) is 51.4 Å². The molecule has 0 aromatic carbocycles. The predicted molar refractivity (Wildman–Crippen MR) is 72.4 cm³/mol.